The number of likely N-dealkylation sites (N-methyl/N-ethyl adjacent to an activating group) is 1. The number of fused-ring (bicyclic) bond motifs is 1. The molecule has 22 heavy (non-hydrogen) atoms. The van der Waals surface area contributed by atoms with E-state index in [2.05, 4.69) is 70.6 Å². The van der Waals surface area contributed by atoms with Gasteiger partial charge in [0, 0.05) is 42.5 Å². The van der Waals surface area contributed by atoms with E-state index in [0.717, 1.165) is 0 Å². The molecule has 3 rings (SSSR count). The number of allylic oxidation sites excluding steroid dienone is 2. The normalized spacial score (nSPS) is 18.0. The van der Waals surface area contributed by atoms with Crippen molar-refractivity contribution in [2.45, 2.75) is 19.3 Å². The Kier molecular flexibility index (Phi) is 3.63. The third kappa shape index (κ3) is 2.45. The summed E-state index contributed by atoms with van der Waals surface area (Å²) in [5.41, 5.74) is 6.55. The molecule has 0 fully saturated rings. The van der Waals surface area contributed by atoms with Crippen molar-refractivity contribution in [2.24, 2.45) is 5.10 Å². The zero-order valence-electron chi connectivity index (χ0n) is 13.0. The minimum atomic E-state index is -0.0411. The van der Waals surface area contributed by atoms with Crippen LogP contribution in [0, 0.1) is 0 Å². The van der Waals surface area contributed by atoms with Crippen molar-refractivity contribution < 1.29 is 0 Å². The third-order valence-corrected chi connectivity index (χ3v) is 3.98. The van der Waals surface area contributed by atoms with E-state index in [-0.39, 0.29) is 5.41 Å². The molecule has 2 heterocycles. The lowest BCUT2D eigenvalue weighted by Gasteiger charge is -2.23. The first-order valence-electron chi connectivity index (χ1n) is 7.21. The number of para-hydroxylation sites is 1. The Labute approximate surface area is 130 Å². The number of hydrogen-bond acceptors (Lipinski definition) is 5. The molecule has 1 aromatic heterocycles. The molecule has 1 N–H and O–H groups in total. The Hall–Kier alpha value is -2.69. The van der Waals surface area contributed by atoms with Crippen LogP contribution in [0.3, 0.4) is 0 Å². The SMILES string of the molecule is CN1/C(=C/C=N/Nc2ncccn2)C(C)(C)c2ccccc21. The molecule has 0 unspecified atom stereocenters. The van der Waals surface area contributed by atoms with Crippen molar-refractivity contribution in [1.29, 1.82) is 0 Å². The van der Waals surface area contributed by atoms with Gasteiger partial charge in [-0.1, -0.05) is 32.0 Å². The average Bonchev–Trinajstić information content (AvgIpc) is 2.73. The summed E-state index contributed by atoms with van der Waals surface area (Å²) in [6.07, 6.45) is 7.12. The summed E-state index contributed by atoms with van der Waals surface area (Å²) in [6, 6.07) is 10.2. The minimum absolute atomic E-state index is 0.0411. The summed E-state index contributed by atoms with van der Waals surface area (Å²) < 4.78 is 0. The topological polar surface area (TPSA) is 53.4 Å². The van der Waals surface area contributed by atoms with Crippen LogP contribution in [0.15, 0.2) is 59.6 Å². The summed E-state index contributed by atoms with van der Waals surface area (Å²) in [6.45, 7) is 4.45. The highest BCUT2D eigenvalue weighted by molar-refractivity contribution is 5.79. The molecule has 0 saturated heterocycles. The molecule has 5 nitrogen and oxygen atoms in total. The molecule has 0 saturated carbocycles. The van der Waals surface area contributed by atoms with Crippen molar-refractivity contribution in [3.63, 3.8) is 0 Å². The van der Waals surface area contributed by atoms with E-state index in [9.17, 15) is 0 Å². The molecule has 0 atom stereocenters. The van der Waals surface area contributed by atoms with Crippen molar-refractivity contribution in [2.75, 3.05) is 17.4 Å². The van der Waals surface area contributed by atoms with E-state index in [1.54, 1.807) is 24.7 Å². The highest BCUT2D eigenvalue weighted by Crippen LogP contribution is 2.46. The zero-order chi connectivity index (χ0) is 15.6. The van der Waals surface area contributed by atoms with Gasteiger partial charge in [-0.3, -0.25) is 0 Å². The highest BCUT2D eigenvalue weighted by Gasteiger charge is 2.37. The third-order valence-electron chi connectivity index (χ3n) is 3.98. The smallest absolute Gasteiger partial charge is 0.243 e. The second-order valence-corrected chi connectivity index (χ2v) is 5.72. The monoisotopic (exact) mass is 293 g/mol. The molecule has 2 aromatic rings. The molecule has 0 radical (unpaired) electrons. The predicted octanol–water partition coefficient (Wildman–Crippen LogP) is 3.19. The fourth-order valence-electron chi connectivity index (χ4n) is 2.86. The van der Waals surface area contributed by atoms with Crippen LogP contribution in [0.5, 0.6) is 0 Å². The average molecular weight is 293 g/mol. The van der Waals surface area contributed by atoms with Crippen LogP contribution in [0.2, 0.25) is 0 Å². The van der Waals surface area contributed by atoms with E-state index in [1.165, 1.54) is 16.9 Å². The largest absolute Gasteiger partial charge is 0.347 e. The summed E-state index contributed by atoms with van der Waals surface area (Å²) in [5.74, 6) is 0.486. The maximum Gasteiger partial charge on any atom is 0.243 e. The fourth-order valence-corrected chi connectivity index (χ4v) is 2.86. The van der Waals surface area contributed by atoms with Gasteiger partial charge >= 0.3 is 0 Å². The second-order valence-electron chi connectivity index (χ2n) is 5.72. The van der Waals surface area contributed by atoms with Gasteiger partial charge in [0.1, 0.15) is 0 Å². The molecule has 1 aromatic carbocycles. The molecule has 0 bridgehead atoms. The highest BCUT2D eigenvalue weighted by atomic mass is 15.3. The number of nitrogens with zero attached hydrogens (tertiary/aromatic N) is 4. The van der Waals surface area contributed by atoms with E-state index >= 15 is 0 Å². The summed E-state index contributed by atoms with van der Waals surface area (Å²) in [5, 5.41) is 4.16. The number of nitrogens with one attached hydrogen (secondary N) is 1. The number of rotatable bonds is 3. The summed E-state index contributed by atoms with van der Waals surface area (Å²) in [4.78, 5) is 10.3. The van der Waals surface area contributed by atoms with Gasteiger partial charge < -0.3 is 4.90 Å². The Bertz CT molecular complexity index is 719. The maximum atomic E-state index is 4.16. The number of anilines is 2. The molecule has 0 aliphatic carbocycles. The van der Waals surface area contributed by atoms with E-state index < -0.39 is 0 Å². The van der Waals surface area contributed by atoms with Crippen molar-refractivity contribution in [3.05, 3.63) is 60.1 Å². The number of hydrogen-bond donors (Lipinski definition) is 1. The lowest BCUT2D eigenvalue weighted by Crippen LogP contribution is -2.23. The van der Waals surface area contributed by atoms with Gasteiger partial charge in [0.05, 0.1) is 0 Å². The van der Waals surface area contributed by atoms with Crippen LogP contribution in [-0.2, 0) is 5.41 Å². The van der Waals surface area contributed by atoms with Crippen LogP contribution in [-0.4, -0.2) is 23.2 Å². The number of hydrazone groups is 1. The lowest BCUT2D eigenvalue weighted by molar-refractivity contribution is 0.641. The molecule has 5 heteroatoms. The van der Waals surface area contributed by atoms with Gasteiger partial charge in [-0.15, -0.1) is 0 Å². The Balaban J connectivity index is 1.80. The van der Waals surface area contributed by atoms with Crippen molar-refractivity contribution in [1.82, 2.24) is 9.97 Å². The van der Waals surface area contributed by atoms with Crippen molar-refractivity contribution in [3.8, 4) is 0 Å². The molecule has 1 aliphatic heterocycles. The molecule has 0 amide bonds. The van der Waals surface area contributed by atoms with Gasteiger partial charge in [-0.25, -0.2) is 15.4 Å². The van der Waals surface area contributed by atoms with E-state index in [0.29, 0.717) is 5.95 Å². The first-order chi connectivity index (χ1) is 10.6. The van der Waals surface area contributed by atoms with Gasteiger partial charge in [0.25, 0.3) is 0 Å². The fraction of sp³-hybridized carbons (Fsp3) is 0.235. The first-order valence-corrected chi connectivity index (χ1v) is 7.21. The van der Waals surface area contributed by atoms with Gasteiger partial charge in [0.2, 0.25) is 5.95 Å². The number of aromatic nitrogens is 2. The van der Waals surface area contributed by atoms with Gasteiger partial charge in [0.15, 0.2) is 0 Å². The lowest BCUT2D eigenvalue weighted by atomic mass is 9.84. The summed E-state index contributed by atoms with van der Waals surface area (Å²) >= 11 is 0. The molecule has 1 aliphatic rings. The van der Waals surface area contributed by atoms with E-state index in [1.807, 2.05) is 6.08 Å². The standard InChI is InChI=1S/C17H19N5/c1-17(2)13-7-4-5-8-14(13)22(3)15(17)9-12-20-21-16-18-10-6-11-19-16/h4-12H,1-3H3,(H,18,19,21)/b15-9+,20-12+. The van der Waals surface area contributed by atoms with Gasteiger partial charge in [-0.05, 0) is 23.8 Å². The Morgan fingerprint density at radius 2 is 1.86 bits per heavy atom. The molecular weight excluding hydrogens is 274 g/mol. The van der Waals surface area contributed by atoms with Crippen molar-refractivity contribution >= 4 is 17.9 Å². The summed E-state index contributed by atoms with van der Waals surface area (Å²) in [7, 11) is 2.08. The van der Waals surface area contributed by atoms with Crippen LogP contribution in [0.4, 0.5) is 11.6 Å². The molecular formula is C17H19N5. The van der Waals surface area contributed by atoms with E-state index in [4.69, 9.17) is 0 Å². The molecule has 112 valence electrons. The Morgan fingerprint density at radius 1 is 1.14 bits per heavy atom. The maximum absolute atomic E-state index is 4.16. The minimum Gasteiger partial charge on any atom is -0.347 e. The number of benzene rings is 1. The predicted molar refractivity (Wildman–Crippen MR) is 90.1 cm³/mol. The van der Waals surface area contributed by atoms with Crippen LogP contribution in [0.1, 0.15) is 19.4 Å². The Morgan fingerprint density at radius 3 is 2.59 bits per heavy atom. The van der Waals surface area contributed by atoms with Gasteiger partial charge in [-0.2, -0.15) is 5.10 Å². The van der Waals surface area contributed by atoms with Crippen LogP contribution < -0.4 is 10.3 Å². The quantitative estimate of drug-likeness (QED) is 0.697. The zero-order valence-corrected chi connectivity index (χ0v) is 13.0. The first kappa shape index (κ1) is 14.3. The van der Waals surface area contributed by atoms with Crippen LogP contribution in [0.25, 0.3) is 0 Å². The van der Waals surface area contributed by atoms with Crippen LogP contribution >= 0.6 is 0 Å². The molecule has 0 spiro atoms. The second kappa shape index (κ2) is 5.60.